The van der Waals surface area contributed by atoms with Crippen molar-refractivity contribution in [3.8, 4) is 0 Å². The van der Waals surface area contributed by atoms with Gasteiger partial charge in [-0.2, -0.15) is 0 Å². The number of H-pyrrole nitrogens is 1. The molecule has 0 radical (unpaired) electrons. The number of halogens is 1. The molecule has 2 aliphatic carbocycles. The van der Waals surface area contributed by atoms with Crippen molar-refractivity contribution >= 4 is 38.2 Å². The molecular formula is C34H34FN3OS. The first-order valence-corrected chi connectivity index (χ1v) is 15.0. The maximum Gasteiger partial charge on any atom is 0.261 e. The lowest BCUT2D eigenvalue weighted by molar-refractivity contribution is 0.0532. The molecule has 1 fully saturated rings. The number of nitrogens with one attached hydrogen (secondary N) is 2. The first kappa shape index (κ1) is 25.5. The number of hydrogen-bond donors (Lipinski definition) is 2. The van der Waals surface area contributed by atoms with Crippen LogP contribution >= 0.6 is 11.3 Å². The van der Waals surface area contributed by atoms with E-state index in [1.165, 1.54) is 22.7 Å². The Morgan fingerprint density at radius 3 is 2.52 bits per heavy atom. The molecule has 6 heteroatoms. The van der Waals surface area contributed by atoms with Crippen LogP contribution in [-0.2, 0) is 17.4 Å². The summed E-state index contributed by atoms with van der Waals surface area (Å²) >= 11 is 1.56. The zero-order chi connectivity index (χ0) is 27.5. The Morgan fingerprint density at radius 1 is 0.975 bits per heavy atom. The summed E-state index contributed by atoms with van der Waals surface area (Å²) in [7, 11) is 4.23. The minimum absolute atomic E-state index is 0.0165. The maximum atomic E-state index is 14.3. The van der Waals surface area contributed by atoms with Crippen molar-refractivity contribution in [1.82, 2.24) is 15.2 Å². The molecule has 2 heterocycles. The summed E-state index contributed by atoms with van der Waals surface area (Å²) in [5, 5.41) is 5.81. The molecule has 7 rings (SSSR count). The summed E-state index contributed by atoms with van der Waals surface area (Å²) in [4.78, 5) is 20.4. The number of fused-ring (bicyclic) bond motifs is 5. The number of aromatic nitrogens is 1. The van der Waals surface area contributed by atoms with Crippen LogP contribution < -0.4 is 5.32 Å². The topological polar surface area (TPSA) is 48.1 Å². The molecule has 2 aromatic heterocycles. The lowest BCUT2D eigenvalue weighted by Gasteiger charge is -2.52. The molecule has 2 aliphatic rings. The van der Waals surface area contributed by atoms with Gasteiger partial charge in [-0.15, -0.1) is 11.3 Å². The Balaban J connectivity index is 1.23. The Morgan fingerprint density at radius 2 is 1.75 bits per heavy atom. The monoisotopic (exact) mass is 551 g/mol. The Bertz CT molecular complexity index is 1690. The van der Waals surface area contributed by atoms with Crippen LogP contribution in [0.2, 0.25) is 0 Å². The summed E-state index contributed by atoms with van der Waals surface area (Å²) in [6.45, 7) is 0. The number of carbonyl (C=O) groups is 1. The van der Waals surface area contributed by atoms with E-state index in [0.717, 1.165) is 64.6 Å². The second kappa shape index (κ2) is 9.57. The lowest BCUT2D eigenvalue weighted by atomic mass is 9.58. The second-order valence-electron chi connectivity index (χ2n) is 12.0. The lowest BCUT2D eigenvalue weighted by Crippen LogP contribution is -2.52. The number of para-hydroxylation sites is 1. The molecular weight excluding hydrogens is 517 g/mol. The average molecular weight is 552 g/mol. The maximum absolute atomic E-state index is 14.3. The first-order chi connectivity index (χ1) is 19.4. The van der Waals surface area contributed by atoms with Crippen molar-refractivity contribution in [2.75, 3.05) is 14.1 Å². The number of amides is 1. The van der Waals surface area contributed by atoms with E-state index in [1.54, 1.807) is 17.4 Å². The predicted octanol–water partition coefficient (Wildman–Crippen LogP) is 7.54. The van der Waals surface area contributed by atoms with E-state index >= 15 is 0 Å². The van der Waals surface area contributed by atoms with Crippen molar-refractivity contribution in [3.05, 3.63) is 106 Å². The molecule has 1 unspecified atom stereocenters. The van der Waals surface area contributed by atoms with Crippen LogP contribution in [0, 0.1) is 5.82 Å². The fraction of sp³-hybridized carbons (Fsp3) is 0.324. The van der Waals surface area contributed by atoms with Crippen LogP contribution in [0.4, 0.5) is 4.39 Å². The van der Waals surface area contributed by atoms with E-state index in [1.807, 2.05) is 24.3 Å². The molecule has 0 bridgehead atoms. The molecule has 4 nitrogen and oxygen atoms in total. The zero-order valence-electron chi connectivity index (χ0n) is 23.0. The van der Waals surface area contributed by atoms with Crippen LogP contribution in [0.5, 0.6) is 0 Å². The van der Waals surface area contributed by atoms with Gasteiger partial charge in [0, 0.05) is 38.3 Å². The van der Waals surface area contributed by atoms with Crippen molar-refractivity contribution < 1.29 is 9.18 Å². The number of nitrogens with zero attached hydrogens (tertiary/aromatic N) is 1. The third kappa shape index (κ3) is 4.08. The van der Waals surface area contributed by atoms with Crippen molar-refractivity contribution in [1.29, 1.82) is 0 Å². The van der Waals surface area contributed by atoms with Crippen molar-refractivity contribution in [2.24, 2.45) is 0 Å². The molecule has 1 amide bonds. The minimum atomic E-state index is -0.215. The highest BCUT2D eigenvalue weighted by atomic mass is 32.1. The molecule has 40 heavy (non-hydrogen) atoms. The summed E-state index contributed by atoms with van der Waals surface area (Å²) in [6.07, 6.45) is 5.51. The summed E-state index contributed by atoms with van der Waals surface area (Å²) < 4.78 is 15.5. The first-order valence-electron chi connectivity index (χ1n) is 14.2. The van der Waals surface area contributed by atoms with Gasteiger partial charge in [-0.05, 0) is 99.5 Å². The zero-order valence-corrected chi connectivity index (χ0v) is 23.8. The van der Waals surface area contributed by atoms with Crippen molar-refractivity contribution in [3.63, 3.8) is 0 Å². The fourth-order valence-electron chi connectivity index (χ4n) is 7.58. The van der Waals surface area contributed by atoms with E-state index in [0.29, 0.717) is 0 Å². The van der Waals surface area contributed by atoms with Gasteiger partial charge in [0.15, 0.2) is 0 Å². The molecule has 204 valence electrons. The Hall–Kier alpha value is -3.48. The molecule has 5 aromatic rings. The quantitative estimate of drug-likeness (QED) is 0.242. The normalized spacial score (nSPS) is 24.6. The molecule has 0 saturated heterocycles. The summed E-state index contributed by atoms with van der Waals surface area (Å²) in [5.41, 5.74) is 4.61. The minimum Gasteiger partial charge on any atom is -0.358 e. The molecule has 1 saturated carbocycles. The molecule has 0 aliphatic heterocycles. The molecule has 1 spiro atoms. The third-order valence-electron chi connectivity index (χ3n) is 9.67. The van der Waals surface area contributed by atoms with Crippen LogP contribution in [0.1, 0.15) is 58.6 Å². The van der Waals surface area contributed by atoms with Gasteiger partial charge < -0.3 is 10.3 Å². The number of rotatable bonds is 4. The Kier molecular flexibility index (Phi) is 6.09. The van der Waals surface area contributed by atoms with Gasteiger partial charge in [0.25, 0.3) is 5.91 Å². The number of aromatic amines is 1. The summed E-state index contributed by atoms with van der Waals surface area (Å²) in [5.74, 6) is -0.165. The van der Waals surface area contributed by atoms with E-state index in [9.17, 15) is 9.18 Å². The van der Waals surface area contributed by atoms with E-state index < -0.39 is 0 Å². The number of thiophene rings is 1. The average Bonchev–Trinajstić information content (AvgIpc) is 3.56. The van der Waals surface area contributed by atoms with Crippen LogP contribution in [-0.4, -0.2) is 35.9 Å². The highest BCUT2D eigenvalue weighted by molar-refractivity contribution is 7.20. The molecule has 2 N–H and O–H groups in total. The van der Waals surface area contributed by atoms with Gasteiger partial charge in [0.2, 0.25) is 0 Å². The van der Waals surface area contributed by atoms with Crippen molar-refractivity contribution in [2.45, 2.75) is 55.5 Å². The summed E-state index contributed by atoms with van der Waals surface area (Å²) in [6, 6.07) is 25.9. The molecule has 3 aromatic carbocycles. The smallest absolute Gasteiger partial charge is 0.261 e. The Labute approximate surface area is 238 Å². The van der Waals surface area contributed by atoms with Gasteiger partial charge in [0.05, 0.1) is 4.88 Å². The SMILES string of the molecule is CN(C)C1(c2cccc(F)c2)CCC2(CC1)CC(NC(=O)c1cc3ccccc3s1)Cc1c2[nH]c2ccccc12. The van der Waals surface area contributed by atoms with Gasteiger partial charge in [-0.3, -0.25) is 9.69 Å². The van der Waals surface area contributed by atoms with Gasteiger partial charge >= 0.3 is 0 Å². The standard InChI is InChI=1S/C34H34FN3OS/c1-38(2)34(23-9-7-10-24(35)19-23)16-14-33(15-17-34)21-25(20-27-26-11-4-5-12-28(26)37-31(27)33)36-32(39)30-18-22-8-3-6-13-29(22)40-30/h3-13,18-19,25,37H,14-17,20-21H2,1-2H3,(H,36,39). The second-order valence-corrected chi connectivity index (χ2v) is 13.1. The third-order valence-corrected chi connectivity index (χ3v) is 10.8. The fourth-order valence-corrected chi connectivity index (χ4v) is 8.54. The largest absolute Gasteiger partial charge is 0.358 e. The number of carbonyl (C=O) groups excluding carboxylic acids is 1. The van der Waals surface area contributed by atoms with E-state index in [4.69, 9.17) is 0 Å². The van der Waals surface area contributed by atoms with Gasteiger partial charge in [0.1, 0.15) is 5.82 Å². The van der Waals surface area contributed by atoms with Crippen LogP contribution in [0.3, 0.4) is 0 Å². The van der Waals surface area contributed by atoms with Crippen LogP contribution in [0.15, 0.2) is 78.9 Å². The highest BCUT2D eigenvalue weighted by Gasteiger charge is 2.50. The number of hydrogen-bond acceptors (Lipinski definition) is 3. The van der Waals surface area contributed by atoms with Gasteiger partial charge in [-0.25, -0.2) is 4.39 Å². The predicted molar refractivity (Wildman–Crippen MR) is 162 cm³/mol. The van der Waals surface area contributed by atoms with E-state index in [-0.39, 0.29) is 28.7 Å². The van der Waals surface area contributed by atoms with E-state index in [2.05, 4.69) is 71.8 Å². The van der Waals surface area contributed by atoms with Gasteiger partial charge in [-0.1, -0.05) is 48.5 Å². The number of benzene rings is 3. The highest BCUT2D eigenvalue weighted by Crippen LogP contribution is 2.54. The van der Waals surface area contributed by atoms with Crippen LogP contribution in [0.25, 0.3) is 21.0 Å². The molecule has 1 atom stereocenters.